The Labute approximate surface area is 98.4 Å². The summed E-state index contributed by atoms with van der Waals surface area (Å²) in [6.07, 6.45) is 1.70. The number of hydrogen-bond donors (Lipinski definition) is 1. The van der Waals surface area contributed by atoms with E-state index in [1.165, 1.54) is 5.56 Å². The molecule has 0 aliphatic rings. The third-order valence-corrected chi connectivity index (χ3v) is 3.19. The van der Waals surface area contributed by atoms with Crippen LogP contribution in [-0.2, 0) is 18.2 Å². The second-order valence-electron chi connectivity index (χ2n) is 3.38. The van der Waals surface area contributed by atoms with Gasteiger partial charge in [0.2, 0.25) is 0 Å². The van der Waals surface area contributed by atoms with Gasteiger partial charge in [-0.25, -0.2) is 4.79 Å². The minimum Gasteiger partial charge on any atom is -0.478 e. The van der Waals surface area contributed by atoms with Crippen LogP contribution in [0.15, 0.2) is 12.1 Å². The molecule has 0 heterocycles. The zero-order valence-electron chi connectivity index (χ0n) is 9.01. The molecule has 0 saturated carbocycles. The predicted molar refractivity (Wildman–Crippen MR) is 64.8 cm³/mol. The van der Waals surface area contributed by atoms with Crippen LogP contribution in [0, 0.1) is 0 Å². The Balaban J connectivity index is 3.40. The van der Waals surface area contributed by atoms with Crippen LogP contribution >= 0.6 is 15.9 Å². The molecule has 0 amide bonds. The van der Waals surface area contributed by atoms with Crippen LogP contribution in [0.5, 0.6) is 0 Å². The molecule has 1 rings (SSSR count). The van der Waals surface area contributed by atoms with Gasteiger partial charge in [0.05, 0.1) is 5.56 Å². The van der Waals surface area contributed by atoms with Gasteiger partial charge in [0.15, 0.2) is 0 Å². The number of carboxylic acids is 1. The topological polar surface area (TPSA) is 37.3 Å². The number of halogens is 1. The van der Waals surface area contributed by atoms with E-state index in [1.54, 1.807) is 6.07 Å². The molecule has 0 bridgehead atoms. The lowest BCUT2D eigenvalue weighted by atomic mass is 9.94. The van der Waals surface area contributed by atoms with Gasteiger partial charge in [0, 0.05) is 5.33 Å². The molecule has 0 unspecified atom stereocenters. The number of carboxylic acid groups (broad SMARTS) is 1. The maximum Gasteiger partial charge on any atom is 0.335 e. The summed E-state index contributed by atoms with van der Waals surface area (Å²) in [4.78, 5) is 11.0. The largest absolute Gasteiger partial charge is 0.478 e. The Morgan fingerprint density at radius 1 is 1.27 bits per heavy atom. The van der Waals surface area contributed by atoms with Crippen molar-refractivity contribution in [3.8, 4) is 0 Å². The molecule has 0 aliphatic carbocycles. The van der Waals surface area contributed by atoms with Crippen LogP contribution in [0.3, 0.4) is 0 Å². The molecule has 0 aromatic heterocycles. The van der Waals surface area contributed by atoms with Gasteiger partial charge in [0.1, 0.15) is 0 Å². The Morgan fingerprint density at radius 2 is 1.93 bits per heavy atom. The molecule has 82 valence electrons. The fraction of sp³-hybridized carbons (Fsp3) is 0.417. The highest BCUT2D eigenvalue weighted by atomic mass is 79.9. The van der Waals surface area contributed by atoms with E-state index < -0.39 is 5.97 Å². The van der Waals surface area contributed by atoms with Gasteiger partial charge in [-0.15, -0.1) is 0 Å². The molecule has 15 heavy (non-hydrogen) atoms. The second-order valence-corrected chi connectivity index (χ2v) is 3.94. The lowest BCUT2D eigenvalue weighted by Gasteiger charge is -2.13. The van der Waals surface area contributed by atoms with Crippen LogP contribution in [0.4, 0.5) is 0 Å². The number of aryl methyl sites for hydroxylation is 1. The molecule has 0 atom stereocenters. The maximum atomic E-state index is 11.0. The zero-order chi connectivity index (χ0) is 11.4. The van der Waals surface area contributed by atoms with Gasteiger partial charge < -0.3 is 5.11 Å². The first-order valence-electron chi connectivity index (χ1n) is 5.08. The molecule has 0 radical (unpaired) electrons. The molecular formula is C12H15BrO2. The minimum absolute atomic E-state index is 0.434. The molecule has 1 aromatic rings. The Morgan fingerprint density at radius 3 is 2.33 bits per heavy atom. The van der Waals surface area contributed by atoms with Gasteiger partial charge in [0.25, 0.3) is 0 Å². The van der Waals surface area contributed by atoms with Crippen molar-refractivity contribution in [3.63, 3.8) is 0 Å². The van der Waals surface area contributed by atoms with Crippen molar-refractivity contribution in [2.75, 3.05) is 0 Å². The lowest BCUT2D eigenvalue weighted by molar-refractivity contribution is 0.0695. The van der Waals surface area contributed by atoms with Gasteiger partial charge >= 0.3 is 5.97 Å². The monoisotopic (exact) mass is 270 g/mol. The normalized spacial score (nSPS) is 10.3. The van der Waals surface area contributed by atoms with E-state index in [9.17, 15) is 4.79 Å². The number of aromatic carboxylic acids is 1. The highest BCUT2D eigenvalue weighted by Crippen LogP contribution is 2.23. The fourth-order valence-electron chi connectivity index (χ4n) is 1.84. The Hall–Kier alpha value is -0.830. The van der Waals surface area contributed by atoms with Gasteiger partial charge in [-0.3, -0.25) is 0 Å². The molecule has 1 N–H and O–H groups in total. The summed E-state index contributed by atoms with van der Waals surface area (Å²) in [5.41, 5.74) is 3.76. The Bertz CT molecular complexity index is 372. The molecule has 0 aliphatic heterocycles. The summed E-state index contributed by atoms with van der Waals surface area (Å²) in [6, 6.07) is 3.63. The summed E-state index contributed by atoms with van der Waals surface area (Å²) in [7, 11) is 0. The fourth-order valence-corrected chi connectivity index (χ4v) is 2.54. The number of rotatable bonds is 4. The average Bonchev–Trinajstić information content (AvgIpc) is 2.26. The van der Waals surface area contributed by atoms with E-state index >= 15 is 0 Å². The summed E-state index contributed by atoms with van der Waals surface area (Å²) in [6.45, 7) is 4.08. The highest BCUT2D eigenvalue weighted by Gasteiger charge is 2.14. The number of benzene rings is 1. The summed E-state index contributed by atoms with van der Waals surface area (Å²) >= 11 is 3.43. The molecule has 0 saturated heterocycles. The molecule has 3 heteroatoms. The van der Waals surface area contributed by atoms with E-state index in [-0.39, 0.29) is 0 Å². The van der Waals surface area contributed by atoms with Crippen LogP contribution in [0.2, 0.25) is 0 Å². The van der Waals surface area contributed by atoms with Crippen molar-refractivity contribution in [2.24, 2.45) is 0 Å². The van der Waals surface area contributed by atoms with Crippen molar-refractivity contribution in [3.05, 3.63) is 34.4 Å². The standard InChI is InChI=1S/C12H15BrO2/c1-3-8-5-6-10(12(14)15)9(4-2)11(8)7-13/h5-6H,3-4,7H2,1-2H3,(H,14,15). The maximum absolute atomic E-state index is 11.0. The van der Waals surface area contributed by atoms with Crippen LogP contribution in [-0.4, -0.2) is 11.1 Å². The first-order chi connectivity index (χ1) is 7.15. The number of hydrogen-bond acceptors (Lipinski definition) is 1. The predicted octanol–water partition coefficient (Wildman–Crippen LogP) is 3.40. The van der Waals surface area contributed by atoms with E-state index in [4.69, 9.17) is 5.11 Å². The SMILES string of the molecule is CCc1ccc(C(=O)O)c(CC)c1CBr. The van der Waals surface area contributed by atoms with E-state index in [0.29, 0.717) is 5.56 Å². The van der Waals surface area contributed by atoms with Crippen molar-refractivity contribution >= 4 is 21.9 Å². The molecule has 1 aromatic carbocycles. The van der Waals surface area contributed by atoms with Crippen molar-refractivity contribution in [1.82, 2.24) is 0 Å². The third kappa shape index (κ3) is 2.40. The number of alkyl halides is 1. The van der Waals surface area contributed by atoms with Gasteiger partial charge in [-0.2, -0.15) is 0 Å². The van der Waals surface area contributed by atoms with Crippen molar-refractivity contribution < 1.29 is 9.90 Å². The van der Waals surface area contributed by atoms with Crippen LogP contribution in [0.25, 0.3) is 0 Å². The average molecular weight is 271 g/mol. The quantitative estimate of drug-likeness (QED) is 0.852. The molecular weight excluding hydrogens is 256 g/mol. The van der Waals surface area contributed by atoms with E-state index in [1.807, 2.05) is 13.0 Å². The summed E-state index contributed by atoms with van der Waals surface area (Å²) < 4.78 is 0. The third-order valence-electron chi connectivity index (χ3n) is 2.63. The molecule has 0 spiro atoms. The van der Waals surface area contributed by atoms with Crippen LogP contribution < -0.4 is 0 Å². The van der Waals surface area contributed by atoms with Crippen LogP contribution in [0.1, 0.15) is 40.9 Å². The number of carbonyl (C=O) groups is 1. The lowest BCUT2D eigenvalue weighted by Crippen LogP contribution is -2.07. The van der Waals surface area contributed by atoms with E-state index in [2.05, 4.69) is 22.9 Å². The van der Waals surface area contributed by atoms with Crippen molar-refractivity contribution in [1.29, 1.82) is 0 Å². The summed E-state index contributed by atoms with van der Waals surface area (Å²) in [5, 5.41) is 9.79. The first-order valence-corrected chi connectivity index (χ1v) is 6.20. The van der Waals surface area contributed by atoms with Gasteiger partial charge in [-0.05, 0) is 35.6 Å². The highest BCUT2D eigenvalue weighted by molar-refractivity contribution is 9.08. The van der Waals surface area contributed by atoms with Crippen molar-refractivity contribution in [2.45, 2.75) is 32.0 Å². The summed E-state index contributed by atoms with van der Waals surface area (Å²) in [5.74, 6) is -0.836. The molecule has 0 fully saturated rings. The van der Waals surface area contributed by atoms with E-state index in [0.717, 1.165) is 29.3 Å². The zero-order valence-corrected chi connectivity index (χ0v) is 10.6. The van der Waals surface area contributed by atoms with Gasteiger partial charge in [-0.1, -0.05) is 35.8 Å². The Kier molecular flexibility index (Phi) is 4.33. The minimum atomic E-state index is -0.836. The first kappa shape index (κ1) is 12.2. The second kappa shape index (κ2) is 5.31. The molecule has 2 nitrogen and oxygen atoms in total. The smallest absolute Gasteiger partial charge is 0.335 e.